The number of esters is 1. The molecule has 0 radical (unpaired) electrons. The molecule has 0 fully saturated rings. The van der Waals surface area contributed by atoms with Gasteiger partial charge < -0.3 is 9.84 Å². The van der Waals surface area contributed by atoms with E-state index in [0.717, 1.165) is 19.3 Å². The zero-order chi connectivity index (χ0) is 12.2. The van der Waals surface area contributed by atoms with Crippen molar-refractivity contribution in [1.29, 1.82) is 0 Å². The standard InChI is InChI=1S/C13H26O3/c1-3-5-6-7-9-12(14)10-8-11-13(15)16-4-2/h12,14H,3-11H2,1-2H3. The van der Waals surface area contributed by atoms with Crippen LogP contribution in [0.3, 0.4) is 0 Å². The molecule has 0 aliphatic carbocycles. The molecule has 0 aromatic rings. The van der Waals surface area contributed by atoms with Gasteiger partial charge in [-0.1, -0.05) is 32.6 Å². The molecule has 0 saturated heterocycles. The molecule has 0 saturated carbocycles. The van der Waals surface area contributed by atoms with E-state index in [2.05, 4.69) is 6.92 Å². The SMILES string of the molecule is CCCCCCC(O)CCCC(=O)OCC. The van der Waals surface area contributed by atoms with E-state index in [4.69, 9.17) is 4.74 Å². The van der Waals surface area contributed by atoms with Crippen molar-refractivity contribution in [3.8, 4) is 0 Å². The Morgan fingerprint density at radius 1 is 1.12 bits per heavy atom. The summed E-state index contributed by atoms with van der Waals surface area (Å²) in [6, 6.07) is 0. The number of rotatable bonds is 10. The Bertz CT molecular complexity index is 169. The summed E-state index contributed by atoms with van der Waals surface area (Å²) in [7, 11) is 0. The summed E-state index contributed by atoms with van der Waals surface area (Å²) in [5.41, 5.74) is 0. The van der Waals surface area contributed by atoms with Crippen molar-refractivity contribution >= 4 is 5.97 Å². The minimum atomic E-state index is -0.244. The van der Waals surface area contributed by atoms with Crippen molar-refractivity contribution in [3.05, 3.63) is 0 Å². The molecule has 1 atom stereocenters. The van der Waals surface area contributed by atoms with Crippen molar-refractivity contribution in [2.75, 3.05) is 6.61 Å². The smallest absolute Gasteiger partial charge is 0.305 e. The molecule has 3 heteroatoms. The molecule has 16 heavy (non-hydrogen) atoms. The fourth-order valence-corrected chi connectivity index (χ4v) is 1.67. The van der Waals surface area contributed by atoms with Gasteiger partial charge in [0.15, 0.2) is 0 Å². The summed E-state index contributed by atoms with van der Waals surface area (Å²) in [5.74, 6) is -0.152. The van der Waals surface area contributed by atoms with Crippen LogP contribution in [0.1, 0.15) is 65.2 Å². The van der Waals surface area contributed by atoms with Crippen LogP contribution >= 0.6 is 0 Å². The average molecular weight is 230 g/mol. The first-order valence-electron chi connectivity index (χ1n) is 6.54. The Hall–Kier alpha value is -0.570. The molecule has 0 aliphatic heterocycles. The maximum absolute atomic E-state index is 11.0. The van der Waals surface area contributed by atoms with Gasteiger partial charge in [-0.2, -0.15) is 0 Å². The number of aliphatic hydroxyl groups is 1. The van der Waals surface area contributed by atoms with E-state index in [-0.39, 0.29) is 12.1 Å². The lowest BCUT2D eigenvalue weighted by Crippen LogP contribution is -2.09. The third kappa shape index (κ3) is 9.97. The Morgan fingerprint density at radius 3 is 2.44 bits per heavy atom. The normalized spacial score (nSPS) is 12.4. The van der Waals surface area contributed by atoms with E-state index in [1.807, 2.05) is 0 Å². The molecule has 0 aliphatic rings. The number of carbonyl (C=O) groups excluding carboxylic acids is 1. The van der Waals surface area contributed by atoms with Gasteiger partial charge in [-0.05, 0) is 26.2 Å². The molecule has 1 N–H and O–H groups in total. The summed E-state index contributed by atoms with van der Waals surface area (Å²) >= 11 is 0. The quantitative estimate of drug-likeness (QED) is 0.463. The van der Waals surface area contributed by atoms with Crippen LogP contribution in [0.4, 0.5) is 0 Å². The number of hydrogen-bond acceptors (Lipinski definition) is 3. The second-order valence-electron chi connectivity index (χ2n) is 4.20. The maximum atomic E-state index is 11.0. The minimum absolute atomic E-state index is 0.152. The third-order valence-electron chi connectivity index (χ3n) is 2.61. The Kier molecular flexibility index (Phi) is 10.5. The molecule has 0 heterocycles. The van der Waals surface area contributed by atoms with E-state index in [0.29, 0.717) is 19.4 Å². The van der Waals surface area contributed by atoms with Crippen molar-refractivity contribution in [3.63, 3.8) is 0 Å². The second kappa shape index (κ2) is 10.9. The number of ether oxygens (including phenoxy) is 1. The lowest BCUT2D eigenvalue weighted by Gasteiger charge is -2.09. The topological polar surface area (TPSA) is 46.5 Å². The second-order valence-corrected chi connectivity index (χ2v) is 4.20. The van der Waals surface area contributed by atoms with Crippen LogP contribution in [0, 0.1) is 0 Å². The lowest BCUT2D eigenvalue weighted by molar-refractivity contribution is -0.143. The van der Waals surface area contributed by atoms with Crippen LogP contribution in [-0.2, 0) is 9.53 Å². The molecule has 0 spiro atoms. The largest absolute Gasteiger partial charge is 0.466 e. The third-order valence-corrected chi connectivity index (χ3v) is 2.61. The highest BCUT2D eigenvalue weighted by Crippen LogP contribution is 2.10. The first kappa shape index (κ1) is 15.4. The number of aliphatic hydroxyl groups excluding tert-OH is 1. The minimum Gasteiger partial charge on any atom is -0.466 e. The first-order valence-corrected chi connectivity index (χ1v) is 6.54. The zero-order valence-corrected chi connectivity index (χ0v) is 10.7. The summed E-state index contributed by atoms with van der Waals surface area (Å²) in [6.07, 6.45) is 7.25. The van der Waals surface area contributed by atoms with Gasteiger partial charge in [0.05, 0.1) is 12.7 Å². The van der Waals surface area contributed by atoms with Crippen molar-refractivity contribution in [2.45, 2.75) is 71.3 Å². The molecular formula is C13H26O3. The molecule has 3 nitrogen and oxygen atoms in total. The van der Waals surface area contributed by atoms with Gasteiger partial charge >= 0.3 is 5.97 Å². The van der Waals surface area contributed by atoms with E-state index in [1.165, 1.54) is 19.3 Å². The summed E-state index contributed by atoms with van der Waals surface area (Å²) < 4.78 is 4.82. The van der Waals surface area contributed by atoms with Gasteiger partial charge in [0.2, 0.25) is 0 Å². The predicted molar refractivity (Wildman–Crippen MR) is 65.2 cm³/mol. The average Bonchev–Trinajstić information content (AvgIpc) is 2.25. The van der Waals surface area contributed by atoms with Crippen LogP contribution in [0.25, 0.3) is 0 Å². The van der Waals surface area contributed by atoms with Gasteiger partial charge in [-0.3, -0.25) is 4.79 Å². The van der Waals surface area contributed by atoms with Crippen LogP contribution < -0.4 is 0 Å². The number of hydrogen-bond donors (Lipinski definition) is 1. The van der Waals surface area contributed by atoms with Gasteiger partial charge in [0.25, 0.3) is 0 Å². The van der Waals surface area contributed by atoms with Crippen LogP contribution in [0.2, 0.25) is 0 Å². The molecular weight excluding hydrogens is 204 g/mol. The highest BCUT2D eigenvalue weighted by Gasteiger charge is 2.06. The Labute approximate surface area is 99.2 Å². The summed E-state index contributed by atoms with van der Waals surface area (Å²) in [6.45, 7) is 4.43. The van der Waals surface area contributed by atoms with Gasteiger partial charge in [0, 0.05) is 6.42 Å². The Morgan fingerprint density at radius 2 is 1.81 bits per heavy atom. The van der Waals surface area contributed by atoms with Crippen molar-refractivity contribution < 1.29 is 14.6 Å². The molecule has 0 rings (SSSR count). The molecule has 1 unspecified atom stereocenters. The summed E-state index contributed by atoms with van der Waals surface area (Å²) in [5, 5.41) is 9.64. The maximum Gasteiger partial charge on any atom is 0.305 e. The van der Waals surface area contributed by atoms with Crippen molar-refractivity contribution in [1.82, 2.24) is 0 Å². The van der Waals surface area contributed by atoms with E-state index < -0.39 is 0 Å². The zero-order valence-electron chi connectivity index (χ0n) is 10.7. The molecule has 0 bridgehead atoms. The van der Waals surface area contributed by atoms with Crippen LogP contribution in [-0.4, -0.2) is 23.8 Å². The van der Waals surface area contributed by atoms with Crippen molar-refractivity contribution in [2.24, 2.45) is 0 Å². The predicted octanol–water partition coefficient (Wildman–Crippen LogP) is 3.05. The fraction of sp³-hybridized carbons (Fsp3) is 0.923. The monoisotopic (exact) mass is 230 g/mol. The first-order chi connectivity index (χ1) is 7.70. The Balaban J connectivity index is 3.29. The molecule has 96 valence electrons. The van der Waals surface area contributed by atoms with Gasteiger partial charge in [0.1, 0.15) is 0 Å². The molecule has 0 amide bonds. The lowest BCUT2D eigenvalue weighted by atomic mass is 10.0. The fourth-order valence-electron chi connectivity index (χ4n) is 1.67. The van der Waals surface area contributed by atoms with Gasteiger partial charge in [-0.25, -0.2) is 0 Å². The van der Waals surface area contributed by atoms with Gasteiger partial charge in [-0.15, -0.1) is 0 Å². The number of unbranched alkanes of at least 4 members (excludes halogenated alkanes) is 3. The van der Waals surface area contributed by atoms with Crippen LogP contribution in [0.15, 0.2) is 0 Å². The highest BCUT2D eigenvalue weighted by atomic mass is 16.5. The van der Waals surface area contributed by atoms with Crippen LogP contribution in [0.5, 0.6) is 0 Å². The van der Waals surface area contributed by atoms with E-state index >= 15 is 0 Å². The van der Waals surface area contributed by atoms with E-state index in [1.54, 1.807) is 6.92 Å². The molecule has 0 aromatic heterocycles. The highest BCUT2D eigenvalue weighted by molar-refractivity contribution is 5.69. The molecule has 0 aromatic carbocycles. The number of carbonyl (C=O) groups is 1. The van der Waals surface area contributed by atoms with E-state index in [9.17, 15) is 9.90 Å². The summed E-state index contributed by atoms with van der Waals surface area (Å²) in [4.78, 5) is 11.0.